The number of hydrogen-bond acceptors (Lipinski definition) is 4. The van der Waals surface area contributed by atoms with Crippen LogP contribution in [-0.2, 0) is 0 Å². The molecule has 0 bridgehead atoms. The number of unbranched alkanes of at least 4 members (excludes halogenated alkanes) is 1. The van der Waals surface area contributed by atoms with Crippen LogP contribution >= 0.6 is 0 Å². The summed E-state index contributed by atoms with van der Waals surface area (Å²) < 4.78 is 0. The molecule has 5 heteroatoms. The molecule has 1 heterocycles. The van der Waals surface area contributed by atoms with E-state index in [1.165, 1.54) is 0 Å². The maximum Gasteiger partial charge on any atom is 0.274 e. The van der Waals surface area contributed by atoms with E-state index in [1.807, 2.05) is 36.2 Å². The maximum atomic E-state index is 12.6. The lowest BCUT2D eigenvalue weighted by Gasteiger charge is -2.17. The van der Waals surface area contributed by atoms with Crippen molar-refractivity contribution in [2.75, 3.05) is 23.8 Å². The first-order valence-electron chi connectivity index (χ1n) is 8.47. The van der Waals surface area contributed by atoms with E-state index in [-0.39, 0.29) is 5.91 Å². The summed E-state index contributed by atoms with van der Waals surface area (Å²) in [6, 6.07) is 9.50. The molecule has 5 nitrogen and oxygen atoms in total. The molecule has 0 saturated carbocycles. The van der Waals surface area contributed by atoms with E-state index in [1.54, 1.807) is 12.3 Å². The van der Waals surface area contributed by atoms with Crippen LogP contribution in [0.5, 0.6) is 0 Å². The first-order valence-corrected chi connectivity index (χ1v) is 8.47. The van der Waals surface area contributed by atoms with Crippen LogP contribution in [0.1, 0.15) is 55.6 Å². The minimum absolute atomic E-state index is 0.212. The first-order chi connectivity index (χ1) is 11.5. The van der Waals surface area contributed by atoms with Gasteiger partial charge in [0, 0.05) is 25.5 Å². The predicted octanol–water partition coefficient (Wildman–Crippen LogP) is 4.09. The number of rotatable bonds is 7. The third-order valence-electron chi connectivity index (χ3n) is 3.89. The standard InChI is InChI=1S/C19H26N4O/c1-5-6-13-23(4)19-20-12-11-17(22-19)18(24)21-16-10-8-7-9-15(16)14(2)3/h7-12,14H,5-6,13H2,1-4H3,(H,21,24). The number of hydrogen-bond donors (Lipinski definition) is 1. The fraction of sp³-hybridized carbons (Fsp3) is 0.421. The molecule has 0 aliphatic rings. The molecule has 128 valence electrons. The number of aromatic nitrogens is 2. The Balaban J connectivity index is 2.16. The largest absolute Gasteiger partial charge is 0.344 e. The number of anilines is 2. The monoisotopic (exact) mass is 326 g/mol. The van der Waals surface area contributed by atoms with E-state index in [2.05, 4.69) is 36.1 Å². The third kappa shape index (κ3) is 4.54. The quantitative estimate of drug-likeness (QED) is 0.832. The molecule has 1 amide bonds. The second kappa shape index (κ2) is 8.43. The van der Waals surface area contributed by atoms with Crippen molar-refractivity contribution in [3.63, 3.8) is 0 Å². The van der Waals surface area contributed by atoms with Gasteiger partial charge in [-0.1, -0.05) is 45.4 Å². The number of nitrogens with zero attached hydrogens (tertiary/aromatic N) is 3. The zero-order chi connectivity index (χ0) is 17.5. The van der Waals surface area contributed by atoms with Crippen molar-refractivity contribution in [2.24, 2.45) is 0 Å². The van der Waals surface area contributed by atoms with Crippen LogP contribution in [0.3, 0.4) is 0 Å². The maximum absolute atomic E-state index is 12.6. The van der Waals surface area contributed by atoms with Crippen LogP contribution in [0.2, 0.25) is 0 Å². The summed E-state index contributed by atoms with van der Waals surface area (Å²) in [5.41, 5.74) is 2.32. The Morgan fingerprint density at radius 3 is 2.71 bits per heavy atom. The highest BCUT2D eigenvalue weighted by molar-refractivity contribution is 6.03. The summed E-state index contributed by atoms with van der Waals surface area (Å²) in [7, 11) is 1.95. The molecule has 0 atom stereocenters. The third-order valence-corrected chi connectivity index (χ3v) is 3.89. The van der Waals surface area contributed by atoms with E-state index in [0.29, 0.717) is 17.6 Å². The van der Waals surface area contributed by atoms with Gasteiger partial charge in [-0.15, -0.1) is 0 Å². The molecule has 2 aromatic rings. The smallest absolute Gasteiger partial charge is 0.274 e. The van der Waals surface area contributed by atoms with Crippen molar-refractivity contribution in [2.45, 2.75) is 39.5 Å². The zero-order valence-electron chi connectivity index (χ0n) is 14.9. The predicted molar refractivity (Wildman–Crippen MR) is 98.7 cm³/mol. The molecule has 0 aliphatic heterocycles. The highest BCUT2D eigenvalue weighted by Crippen LogP contribution is 2.24. The highest BCUT2D eigenvalue weighted by atomic mass is 16.1. The number of para-hydroxylation sites is 1. The molecule has 0 fully saturated rings. The van der Waals surface area contributed by atoms with E-state index >= 15 is 0 Å². The molecule has 0 unspecified atom stereocenters. The summed E-state index contributed by atoms with van der Waals surface area (Å²) in [4.78, 5) is 23.2. The lowest BCUT2D eigenvalue weighted by Crippen LogP contribution is -2.23. The number of benzene rings is 1. The Hall–Kier alpha value is -2.43. The van der Waals surface area contributed by atoms with Gasteiger partial charge in [-0.05, 0) is 30.0 Å². The molecule has 0 aliphatic carbocycles. The minimum Gasteiger partial charge on any atom is -0.344 e. The number of carbonyl (C=O) groups is 1. The van der Waals surface area contributed by atoms with Crippen molar-refractivity contribution in [1.29, 1.82) is 0 Å². The minimum atomic E-state index is -0.212. The Kier molecular flexibility index (Phi) is 6.29. The van der Waals surface area contributed by atoms with Gasteiger partial charge in [-0.2, -0.15) is 0 Å². The molecule has 0 saturated heterocycles. The molecule has 2 rings (SSSR count). The van der Waals surface area contributed by atoms with Crippen LogP contribution in [0.4, 0.5) is 11.6 Å². The van der Waals surface area contributed by atoms with Gasteiger partial charge in [-0.25, -0.2) is 9.97 Å². The van der Waals surface area contributed by atoms with Crippen LogP contribution in [0.25, 0.3) is 0 Å². The average Bonchev–Trinajstić information content (AvgIpc) is 2.60. The molecule has 1 aromatic carbocycles. The number of amides is 1. The lowest BCUT2D eigenvalue weighted by atomic mass is 10.0. The lowest BCUT2D eigenvalue weighted by molar-refractivity contribution is 0.102. The fourth-order valence-electron chi connectivity index (χ4n) is 2.45. The molecular formula is C19H26N4O. The SMILES string of the molecule is CCCCN(C)c1nccc(C(=O)Nc2ccccc2C(C)C)n1. The summed E-state index contributed by atoms with van der Waals surface area (Å²) in [6.45, 7) is 7.23. The molecular weight excluding hydrogens is 300 g/mol. The topological polar surface area (TPSA) is 58.1 Å². The van der Waals surface area contributed by atoms with Crippen molar-refractivity contribution in [3.8, 4) is 0 Å². The zero-order valence-corrected chi connectivity index (χ0v) is 14.9. The normalized spacial score (nSPS) is 10.7. The van der Waals surface area contributed by atoms with E-state index < -0.39 is 0 Å². The highest BCUT2D eigenvalue weighted by Gasteiger charge is 2.14. The van der Waals surface area contributed by atoms with Crippen molar-refractivity contribution >= 4 is 17.5 Å². The van der Waals surface area contributed by atoms with E-state index in [9.17, 15) is 4.79 Å². The summed E-state index contributed by atoms with van der Waals surface area (Å²) in [5.74, 6) is 0.700. The second-order valence-electron chi connectivity index (χ2n) is 6.21. The van der Waals surface area contributed by atoms with Crippen LogP contribution in [0, 0.1) is 0 Å². The molecule has 24 heavy (non-hydrogen) atoms. The molecule has 1 aromatic heterocycles. The first kappa shape index (κ1) is 17.9. The van der Waals surface area contributed by atoms with E-state index in [4.69, 9.17) is 0 Å². The van der Waals surface area contributed by atoms with Gasteiger partial charge in [-0.3, -0.25) is 4.79 Å². The fourth-order valence-corrected chi connectivity index (χ4v) is 2.45. The summed E-state index contributed by atoms with van der Waals surface area (Å²) in [5, 5.41) is 2.97. The Morgan fingerprint density at radius 1 is 1.25 bits per heavy atom. The Labute approximate surface area is 144 Å². The summed E-state index contributed by atoms with van der Waals surface area (Å²) in [6.07, 6.45) is 3.81. The van der Waals surface area contributed by atoms with Crippen molar-refractivity contribution in [3.05, 3.63) is 47.8 Å². The average molecular weight is 326 g/mol. The number of carbonyl (C=O) groups excluding carboxylic acids is 1. The molecule has 0 spiro atoms. The van der Waals surface area contributed by atoms with Crippen LogP contribution in [0.15, 0.2) is 36.5 Å². The summed E-state index contributed by atoms with van der Waals surface area (Å²) >= 11 is 0. The van der Waals surface area contributed by atoms with Gasteiger partial charge in [0.15, 0.2) is 0 Å². The number of nitrogens with one attached hydrogen (secondary N) is 1. The van der Waals surface area contributed by atoms with Gasteiger partial charge < -0.3 is 10.2 Å². The van der Waals surface area contributed by atoms with Crippen LogP contribution in [-0.4, -0.2) is 29.5 Å². The Morgan fingerprint density at radius 2 is 2.00 bits per heavy atom. The molecule has 0 radical (unpaired) electrons. The molecule has 1 N–H and O–H groups in total. The van der Waals surface area contributed by atoms with Crippen LogP contribution < -0.4 is 10.2 Å². The van der Waals surface area contributed by atoms with Gasteiger partial charge in [0.2, 0.25) is 5.95 Å². The van der Waals surface area contributed by atoms with Gasteiger partial charge in [0.05, 0.1) is 0 Å². The van der Waals surface area contributed by atoms with Gasteiger partial charge >= 0.3 is 0 Å². The van der Waals surface area contributed by atoms with E-state index in [0.717, 1.165) is 30.6 Å². The van der Waals surface area contributed by atoms with Gasteiger partial charge in [0.25, 0.3) is 5.91 Å². The Bertz CT molecular complexity index is 685. The van der Waals surface area contributed by atoms with Crippen molar-refractivity contribution in [1.82, 2.24) is 9.97 Å². The second-order valence-corrected chi connectivity index (χ2v) is 6.21. The van der Waals surface area contributed by atoms with Gasteiger partial charge in [0.1, 0.15) is 5.69 Å². The van der Waals surface area contributed by atoms with Crippen molar-refractivity contribution < 1.29 is 4.79 Å².